The van der Waals surface area contributed by atoms with Crippen molar-refractivity contribution in [3.8, 4) is 5.75 Å². The number of piperidine rings is 1. The third-order valence-corrected chi connectivity index (χ3v) is 3.73. The van der Waals surface area contributed by atoms with Crippen molar-refractivity contribution in [3.63, 3.8) is 0 Å². The van der Waals surface area contributed by atoms with Gasteiger partial charge >= 0.3 is 0 Å². The Morgan fingerprint density at radius 3 is 2.76 bits per heavy atom. The van der Waals surface area contributed by atoms with E-state index in [9.17, 15) is 5.11 Å². The van der Waals surface area contributed by atoms with Crippen LogP contribution in [0, 0.1) is 0 Å². The molecule has 0 aliphatic carbocycles. The van der Waals surface area contributed by atoms with Gasteiger partial charge in [0.1, 0.15) is 5.75 Å². The predicted molar refractivity (Wildman–Crippen MR) is 70.5 cm³/mol. The first-order valence-electron chi connectivity index (χ1n) is 6.05. The molecule has 0 aromatic heterocycles. The van der Waals surface area contributed by atoms with Crippen molar-refractivity contribution in [1.82, 2.24) is 10.2 Å². The van der Waals surface area contributed by atoms with E-state index in [4.69, 9.17) is 11.6 Å². The lowest BCUT2D eigenvalue weighted by Crippen LogP contribution is -2.40. The summed E-state index contributed by atoms with van der Waals surface area (Å²) in [6, 6.07) is 5.78. The summed E-state index contributed by atoms with van der Waals surface area (Å²) in [6.45, 7) is 2.90. The molecule has 94 valence electrons. The van der Waals surface area contributed by atoms with E-state index >= 15 is 0 Å². The van der Waals surface area contributed by atoms with Crippen LogP contribution in [0.25, 0.3) is 0 Å². The lowest BCUT2D eigenvalue weighted by Gasteiger charge is -2.29. The van der Waals surface area contributed by atoms with Gasteiger partial charge in [0.05, 0.1) is 0 Å². The Kier molecular flexibility index (Phi) is 4.26. The first-order chi connectivity index (χ1) is 8.16. The molecule has 0 saturated carbocycles. The molecule has 1 fully saturated rings. The van der Waals surface area contributed by atoms with Crippen molar-refractivity contribution in [2.24, 2.45) is 0 Å². The van der Waals surface area contributed by atoms with Crippen LogP contribution < -0.4 is 5.32 Å². The molecule has 2 rings (SSSR count). The monoisotopic (exact) mass is 254 g/mol. The number of rotatable bonds is 3. The van der Waals surface area contributed by atoms with Crippen molar-refractivity contribution in [2.45, 2.75) is 25.4 Å². The predicted octanol–water partition coefficient (Wildman–Crippen LogP) is 2.23. The first-order valence-corrected chi connectivity index (χ1v) is 6.43. The van der Waals surface area contributed by atoms with Gasteiger partial charge in [0, 0.05) is 23.2 Å². The van der Waals surface area contributed by atoms with Crippen molar-refractivity contribution >= 4 is 11.6 Å². The Balaban J connectivity index is 1.89. The van der Waals surface area contributed by atoms with Crippen LogP contribution in [0.15, 0.2) is 18.2 Å². The molecule has 1 saturated heterocycles. The second kappa shape index (κ2) is 5.71. The Morgan fingerprint density at radius 2 is 2.12 bits per heavy atom. The van der Waals surface area contributed by atoms with Crippen LogP contribution in [0.4, 0.5) is 0 Å². The van der Waals surface area contributed by atoms with Crippen LogP contribution in [0.3, 0.4) is 0 Å². The highest BCUT2D eigenvalue weighted by Gasteiger charge is 2.16. The van der Waals surface area contributed by atoms with Crippen LogP contribution in [0.5, 0.6) is 5.75 Å². The minimum atomic E-state index is 0.276. The molecule has 1 aliphatic heterocycles. The van der Waals surface area contributed by atoms with Gasteiger partial charge in [0.2, 0.25) is 0 Å². The molecule has 0 radical (unpaired) electrons. The summed E-state index contributed by atoms with van der Waals surface area (Å²) < 4.78 is 0. The zero-order chi connectivity index (χ0) is 12.3. The minimum absolute atomic E-state index is 0.276. The maximum atomic E-state index is 9.73. The SMILES string of the molecule is CN1CCC(NCc2c(O)cccc2Cl)CC1. The molecule has 1 heterocycles. The lowest BCUT2D eigenvalue weighted by atomic mass is 10.0. The number of nitrogens with one attached hydrogen (secondary N) is 1. The van der Waals surface area contributed by atoms with Gasteiger partial charge in [0.15, 0.2) is 0 Å². The summed E-state index contributed by atoms with van der Waals surface area (Å²) in [4.78, 5) is 2.34. The van der Waals surface area contributed by atoms with Gasteiger partial charge in [0.25, 0.3) is 0 Å². The number of phenols is 1. The largest absolute Gasteiger partial charge is 0.508 e. The molecule has 0 amide bonds. The van der Waals surface area contributed by atoms with Crippen LogP contribution >= 0.6 is 11.6 Å². The maximum Gasteiger partial charge on any atom is 0.121 e. The van der Waals surface area contributed by atoms with Gasteiger partial charge in [-0.2, -0.15) is 0 Å². The Labute approximate surface area is 107 Å². The van der Waals surface area contributed by atoms with Gasteiger partial charge in [-0.05, 0) is 45.1 Å². The van der Waals surface area contributed by atoms with Crippen molar-refractivity contribution in [1.29, 1.82) is 0 Å². The molecule has 0 atom stereocenters. The lowest BCUT2D eigenvalue weighted by molar-refractivity contribution is 0.233. The standard InChI is InChI=1S/C13H19ClN2O/c1-16-7-5-10(6-8-16)15-9-11-12(14)3-2-4-13(11)17/h2-4,10,15,17H,5-9H2,1H3. The fourth-order valence-electron chi connectivity index (χ4n) is 2.18. The summed E-state index contributed by atoms with van der Waals surface area (Å²) >= 11 is 6.06. The number of likely N-dealkylation sites (tertiary alicyclic amines) is 1. The molecule has 1 aliphatic rings. The smallest absolute Gasteiger partial charge is 0.121 e. The van der Waals surface area contributed by atoms with Gasteiger partial charge in [-0.25, -0.2) is 0 Å². The fraction of sp³-hybridized carbons (Fsp3) is 0.538. The normalized spacial score (nSPS) is 18.5. The number of phenolic OH excluding ortho intramolecular Hbond substituents is 1. The van der Waals surface area contributed by atoms with Crippen LogP contribution in [0.2, 0.25) is 5.02 Å². The van der Waals surface area contributed by atoms with Crippen LogP contribution in [0.1, 0.15) is 18.4 Å². The molecule has 17 heavy (non-hydrogen) atoms. The average Bonchev–Trinajstić information content (AvgIpc) is 2.31. The highest BCUT2D eigenvalue weighted by atomic mass is 35.5. The number of hydrogen-bond acceptors (Lipinski definition) is 3. The summed E-state index contributed by atoms with van der Waals surface area (Å²) in [7, 11) is 2.15. The molecule has 1 aromatic rings. The molecule has 2 N–H and O–H groups in total. The van der Waals surface area contributed by atoms with E-state index in [0.717, 1.165) is 31.5 Å². The number of benzene rings is 1. The van der Waals surface area contributed by atoms with Crippen molar-refractivity contribution in [2.75, 3.05) is 20.1 Å². The maximum absolute atomic E-state index is 9.73. The van der Waals surface area contributed by atoms with E-state index in [-0.39, 0.29) is 5.75 Å². The summed E-state index contributed by atoms with van der Waals surface area (Å²) in [5, 5.41) is 13.8. The van der Waals surface area contributed by atoms with E-state index in [2.05, 4.69) is 17.3 Å². The Hall–Kier alpha value is -0.770. The second-order valence-electron chi connectivity index (χ2n) is 4.70. The van der Waals surface area contributed by atoms with Gasteiger partial charge in [-0.3, -0.25) is 0 Å². The van der Waals surface area contributed by atoms with Gasteiger partial charge < -0.3 is 15.3 Å². The topological polar surface area (TPSA) is 35.5 Å². The third kappa shape index (κ3) is 3.35. The number of hydrogen-bond donors (Lipinski definition) is 2. The van der Waals surface area contributed by atoms with E-state index in [0.29, 0.717) is 17.6 Å². The zero-order valence-corrected chi connectivity index (χ0v) is 10.9. The number of aromatic hydroxyl groups is 1. The first kappa shape index (κ1) is 12.7. The Bertz CT molecular complexity index is 355. The summed E-state index contributed by atoms with van der Waals surface area (Å²) in [6.07, 6.45) is 2.31. The van der Waals surface area contributed by atoms with Gasteiger partial charge in [-0.15, -0.1) is 0 Å². The zero-order valence-electron chi connectivity index (χ0n) is 10.1. The van der Waals surface area contributed by atoms with E-state index in [1.807, 2.05) is 6.07 Å². The molecule has 3 nitrogen and oxygen atoms in total. The molecule has 0 bridgehead atoms. The minimum Gasteiger partial charge on any atom is -0.508 e. The van der Waals surface area contributed by atoms with E-state index in [1.54, 1.807) is 12.1 Å². The second-order valence-corrected chi connectivity index (χ2v) is 5.10. The quantitative estimate of drug-likeness (QED) is 0.868. The molecular formula is C13H19ClN2O. The molecule has 1 aromatic carbocycles. The van der Waals surface area contributed by atoms with Crippen LogP contribution in [-0.4, -0.2) is 36.2 Å². The highest BCUT2D eigenvalue weighted by Crippen LogP contribution is 2.25. The number of halogens is 1. The molecule has 0 unspecified atom stereocenters. The number of nitrogens with zero attached hydrogens (tertiary/aromatic N) is 1. The Morgan fingerprint density at radius 1 is 1.41 bits per heavy atom. The van der Waals surface area contributed by atoms with E-state index < -0.39 is 0 Å². The third-order valence-electron chi connectivity index (χ3n) is 3.38. The summed E-state index contributed by atoms with van der Waals surface area (Å²) in [5.41, 5.74) is 0.799. The average molecular weight is 255 g/mol. The summed E-state index contributed by atoms with van der Waals surface area (Å²) in [5.74, 6) is 0.276. The van der Waals surface area contributed by atoms with Crippen LogP contribution in [-0.2, 0) is 6.54 Å². The molecular weight excluding hydrogens is 236 g/mol. The van der Waals surface area contributed by atoms with Crippen molar-refractivity contribution < 1.29 is 5.11 Å². The molecule has 4 heteroatoms. The fourth-order valence-corrected chi connectivity index (χ4v) is 2.42. The van der Waals surface area contributed by atoms with Crippen molar-refractivity contribution in [3.05, 3.63) is 28.8 Å². The van der Waals surface area contributed by atoms with Gasteiger partial charge in [-0.1, -0.05) is 17.7 Å². The highest BCUT2D eigenvalue weighted by molar-refractivity contribution is 6.31. The molecule has 0 spiro atoms. The van der Waals surface area contributed by atoms with E-state index in [1.165, 1.54) is 0 Å².